The first kappa shape index (κ1) is 30.0. The van der Waals surface area contributed by atoms with E-state index in [0.717, 1.165) is 11.5 Å². The maximum absolute atomic E-state index is 10.7. The van der Waals surface area contributed by atoms with Gasteiger partial charge in [0.2, 0.25) is 0 Å². The van der Waals surface area contributed by atoms with E-state index in [1.807, 2.05) is 12.5 Å². The van der Waals surface area contributed by atoms with Gasteiger partial charge in [-0.25, -0.2) is 0 Å². The molecule has 0 saturated carbocycles. The molecule has 0 aliphatic heterocycles. The van der Waals surface area contributed by atoms with Crippen LogP contribution < -0.4 is 11.5 Å². The molecule has 0 unspecified atom stereocenters. The van der Waals surface area contributed by atoms with E-state index in [4.69, 9.17) is 34.7 Å². The van der Waals surface area contributed by atoms with E-state index in [9.17, 15) is 22.8 Å². The lowest BCUT2D eigenvalue weighted by atomic mass is 10.2. The van der Waals surface area contributed by atoms with Crippen LogP contribution in [0.3, 0.4) is 0 Å². The molecule has 0 spiro atoms. The van der Waals surface area contributed by atoms with E-state index in [0.29, 0.717) is 12.8 Å². The zero-order valence-corrected chi connectivity index (χ0v) is 16.4. The molecular formula is C11H23F3N2O7S3. The molecule has 9 nitrogen and oxygen atoms in total. The molecule has 26 heavy (non-hydrogen) atoms. The van der Waals surface area contributed by atoms with Crippen molar-refractivity contribution in [3.05, 3.63) is 0 Å². The number of thioether (sulfide) groups is 2. The molecule has 2 atom stereocenters. The highest BCUT2D eigenvalue weighted by molar-refractivity contribution is 7.98. The molecule has 0 heterocycles. The summed E-state index contributed by atoms with van der Waals surface area (Å²) >= 11 is 3.21. The Hall–Kier alpha value is -0.740. The number of nitrogens with two attached hydrogens (primary N) is 2. The maximum atomic E-state index is 10.7. The molecule has 0 amide bonds. The lowest BCUT2D eigenvalue weighted by Gasteiger charge is -2.02. The van der Waals surface area contributed by atoms with E-state index >= 15 is 0 Å². The van der Waals surface area contributed by atoms with Crippen LogP contribution in [0.25, 0.3) is 0 Å². The second kappa shape index (κ2) is 15.3. The highest BCUT2D eigenvalue weighted by Crippen LogP contribution is 2.20. The van der Waals surface area contributed by atoms with Crippen LogP contribution in [-0.2, 0) is 19.7 Å². The van der Waals surface area contributed by atoms with Crippen molar-refractivity contribution in [2.24, 2.45) is 11.5 Å². The van der Waals surface area contributed by atoms with Gasteiger partial charge in [0.1, 0.15) is 12.1 Å². The van der Waals surface area contributed by atoms with Crippen LogP contribution in [0.1, 0.15) is 12.8 Å². The zero-order valence-electron chi connectivity index (χ0n) is 14.0. The largest absolute Gasteiger partial charge is 0.522 e. The van der Waals surface area contributed by atoms with Crippen LogP contribution in [0, 0.1) is 0 Å². The van der Waals surface area contributed by atoms with Crippen molar-refractivity contribution in [2.75, 3.05) is 24.0 Å². The summed E-state index contributed by atoms with van der Waals surface area (Å²) in [6.07, 6.45) is 4.95. The van der Waals surface area contributed by atoms with Gasteiger partial charge >= 0.3 is 27.6 Å². The Morgan fingerprint density at radius 1 is 0.962 bits per heavy atom. The topological polar surface area (TPSA) is 181 Å². The van der Waals surface area contributed by atoms with Crippen molar-refractivity contribution in [3.63, 3.8) is 0 Å². The van der Waals surface area contributed by atoms with Crippen molar-refractivity contribution in [3.8, 4) is 0 Å². The summed E-state index contributed by atoms with van der Waals surface area (Å²) in [7, 11) is -5.84. The third-order valence-corrected chi connectivity index (χ3v) is 4.07. The Morgan fingerprint density at radius 2 is 1.19 bits per heavy atom. The lowest BCUT2D eigenvalue weighted by Crippen LogP contribution is -2.30. The first-order chi connectivity index (χ1) is 11.6. The molecule has 0 radical (unpaired) electrons. The molecule has 0 aromatic rings. The number of hydrogen-bond donors (Lipinski definition) is 5. The van der Waals surface area contributed by atoms with Crippen LogP contribution in [0.5, 0.6) is 0 Å². The normalized spacial score (nSPS) is 13.4. The second-order valence-corrected chi connectivity index (χ2v) is 7.76. The number of hydrogen-bond acceptors (Lipinski definition) is 8. The van der Waals surface area contributed by atoms with E-state index in [1.165, 1.54) is 0 Å². The van der Waals surface area contributed by atoms with Crippen LogP contribution in [0.4, 0.5) is 13.2 Å². The van der Waals surface area contributed by atoms with Gasteiger partial charge in [0.15, 0.2) is 0 Å². The molecule has 158 valence electrons. The summed E-state index contributed by atoms with van der Waals surface area (Å²) in [5.41, 5.74) is 4.84. The Kier molecular flexibility index (Phi) is 17.7. The number of aliphatic carboxylic acids is 2. The fraction of sp³-hybridized carbons (Fsp3) is 0.818. The van der Waals surface area contributed by atoms with Crippen molar-refractivity contribution < 1.29 is 45.9 Å². The van der Waals surface area contributed by atoms with Crippen molar-refractivity contribution in [1.29, 1.82) is 0 Å². The van der Waals surface area contributed by atoms with Crippen LogP contribution >= 0.6 is 23.5 Å². The number of halogens is 3. The van der Waals surface area contributed by atoms with Gasteiger partial charge in [-0.3, -0.25) is 14.1 Å². The SMILES string of the molecule is CSCC[C@H](N)C(=O)O.CSCC[C@H](N)C(=O)O.O=S(=O)(O)C(F)(F)F. The standard InChI is InChI=1S/2C5H11NO2S.CHF3O3S/c2*1-9-3-2-4(6)5(7)8;2-1(3,4)8(5,6)7/h2*4H,2-3,6H2,1H3,(H,7,8);(H,5,6,7)/t2*4-;/m00./s1. The van der Waals surface area contributed by atoms with Gasteiger partial charge in [0, 0.05) is 0 Å². The number of rotatable bonds is 8. The van der Waals surface area contributed by atoms with E-state index < -0.39 is 39.6 Å². The highest BCUT2D eigenvalue weighted by Gasteiger charge is 2.44. The minimum Gasteiger partial charge on any atom is -0.480 e. The van der Waals surface area contributed by atoms with Crippen molar-refractivity contribution in [1.82, 2.24) is 0 Å². The smallest absolute Gasteiger partial charge is 0.480 e. The third-order valence-electron chi connectivity index (χ3n) is 2.19. The number of carboxylic acids is 2. The first-order valence-electron chi connectivity index (χ1n) is 6.60. The highest BCUT2D eigenvalue weighted by atomic mass is 32.2. The average Bonchev–Trinajstić information content (AvgIpc) is 2.49. The maximum Gasteiger partial charge on any atom is 0.522 e. The quantitative estimate of drug-likeness (QED) is 0.260. The fourth-order valence-corrected chi connectivity index (χ4v) is 1.72. The zero-order chi connectivity index (χ0) is 21.6. The molecule has 15 heteroatoms. The third kappa shape index (κ3) is 19.6. The van der Waals surface area contributed by atoms with E-state index in [2.05, 4.69) is 0 Å². The van der Waals surface area contributed by atoms with Gasteiger partial charge in [-0.05, 0) is 36.9 Å². The molecule has 0 saturated heterocycles. The number of alkyl halides is 3. The van der Waals surface area contributed by atoms with Crippen molar-refractivity contribution >= 4 is 45.6 Å². The van der Waals surface area contributed by atoms with Gasteiger partial charge < -0.3 is 21.7 Å². The van der Waals surface area contributed by atoms with Crippen LogP contribution in [0.15, 0.2) is 0 Å². The second-order valence-electron chi connectivity index (χ2n) is 4.37. The van der Waals surface area contributed by atoms with Gasteiger partial charge in [-0.1, -0.05) is 0 Å². The Bertz CT molecular complexity index is 480. The van der Waals surface area contributed by atoms with Crippen LogP contribution in [-0.4, -0.2) is 76.7 Å². The monoisotopic (exact) mass is 448 g/mol. The van der Waals surface area contributed by atoms with Crippen molar-refractivity contribution in [2.45, 2.75) is 30.4 Å². The summed E-state index contributed by atoms with van der Waals surface area (Å²) in [4.78, 5) is 20.1. The molecule has 0 bridgehead atoms. The molecule has 0 aromatic carbocycles. The predicted molar refractivity (Wildman–Crippen MR) is 94.8 cm³/mol. The summed E-state index contributed by atoms with van der Waals surface area (Å²) < 4.78 is 57.5. The van der Waals surface area contributed by atoms with E-state index in [-0.39, 0.29) is 0 Å². The summed E-state index contributed by atoms with van der Waals surface area (Å²) in [6.45, 7) is 0. The minimum absolute atomic E-state index is 0.552. The Labute approximate surface area is 157 Å². The molecular weight excluding hydrogens is 425 g/mol. The Morgan fingerprint density at radius 3 is 1.31 bits per heavy atom. The van der Waals surface area contributed by atoms with Gasteiger partial charge in [0.25, 0.3) is 0 Å². The molecule has 0 rings (SSSR count). The molecule has 0 aliphatic rings. The predicted octanol–water partition coefficient (Wildman–Crippen LogP) is 0.697. The molecule has 0 aliphatic carbocycles. The molecule has 0 aromatic heterocycles. The number of carboxylic acid groups (broad SMARTS) is 2. The minimum atomic E-state index is -5.84. The summed E-state index contributed by atoms with van der Waals surface area (Å²) in [5.74, 6) is -0.200. The molecule has 0 fully saturated rings. The van der Waals surface area contributed by atoms with Crippen LogP contribution in [0.2, 0.25) is 0 Å². The van der Waals surface area contributed by atoms with E-state index in [1.54, 1.807) is 23.5 Å². The molecule has 7 N–H and O–H groups in total. The fourth-order valence-electron chi connectivity index (χ4n) is 0.737. The summed E-state index contributed by atoms with van der Waals surface area (Å²) in [5, 5.41) is 16.5. The van der Waals surface area contributed by atoms with Gasteiger partial charge in [-0.15, -0.1) is 0 Å². The first-order valence-corrected chi connectivity index (χ1v) is 10.8. The van der Waals surface area contributed by atoms with Gasteiger partial charge in [-0.2, -0.15) is 45.1 Å². The Balaban J connectivity index is -0.000000306. The summed E-state index contributed by atoms with van der Waals surface area (Å²) in [6, 6.07) is -1.37. The lowest BCUT2D eigenvalue weighted by molar-refractivity contribution is -0.139. The van der Waals surface area contributed by atoms with Gasteiger partial charge in [0.05, 0.1) is 0 Å². The number of carbonyl (C=O) groups is 2. The average molecular weight is 449 g/mol.